The van der Waals surface area contributed by atoms with Gasteiger partial charge < -0.3 is 0 Å². The summed E-state index contributed by atoms with van der Waals surface area (Å²) in [5.74, 6) is 0.0261. The molecule has 0 aliphatic rings. The van der Waals surface area contributed by atoms with E-state index in [9.17, 15) is 10.0 Å². The zero-order chi connectivity index (χ0) is 15.7. The van der Waals surface area contributed by atoms with Gasteiger partial charge >= 0.3 is 0 Å². The molecule has 0 aromatic carbocycles. The number of hydrogen-bond donors (Lipinski definition) is 1. The highest BCUT2D eigenvalue weighted by Gasteiger charge is 2.17. The van der Waals surface area contributed by atoms with Crippen LogP contribution in [0, 0.1) is 0 Å². The largest absolute Gasteiger partial charge is 0.279 e. The number of aromatic nitrogens is 2. The second-order valence-corrected chi connectivity index (χ2v) is 5.44. The molecular weight excluding hydrogens is 266 g/mol. The first-order valence-corrected chi connectivity index (χ1v) is 8.22. The Morgan fingerprint density at radius 3 is 2.48 bits per heavy atom. The van der Waals surface area contributed by atoms with Crippen LogP contribution in [0.15, 0.2) is 6.07 Å². The first-order valence-electron chi connectivity index (χ1n) is 8.22. The third kappa shape index (κ3) is 5.50. The lowest BCUT2D eigenvalue weighted by Crippen LogP contribution is -2.26. The van der Waals surface area contributed by atoms with Gasteiger partial charge in [0.15, 0.2) is 5.82 Å². The van der Waals surface area contributed by atoms with Crippen molar-refractivity contribution >= 4 is 11.7 Å². The number of nitrogens with zero attached hydrogens (tertiary/aromatic N) is 3. The first kappa shape index (κ1) is 17.7. The Balaban J connectivity index is 2.80. The Morgan fingerprint density at radius 1 is 1.19 bits per heavy atom. The van der Waals surface area contributed by atoms with E-state index in [4.69, 9.17) is 0 Å². The second-order valence-electron chi connectivity index (χ2n) is 5.44. The minimum Gasteiger partial charge on any atom is -0.279 e. The van der Waals surface area contributed by atoms with Gasteiger partial charge in [0.1, 0.15) is 0 Å². The minimum atomic E-state index is -0.326. The molecule has 120 valence electrons. The number of hydrogen-bond acceptors (Lipinski definition) is 3. The van der Waals surface area contributed by atoms with Crippen LogP contribution in [0.25, 0.3) is 0 Å². The fraction of sp³-hybridized carbons (Fsp3) is 0.750. The normalized spacial score (nSPS) is 10.9. The average Bonchev–Trinajstić information content (AvgIpc) is 2.89. The lowest BCUT2D eigenvalue weighted by Gasteiger charge is -2.09. The number of hydroxylamine groups is 1. The molecule has 0 aliphatic heterocycles. The summed E-state index contributed by atoms with van der Waals surface area (Å²) in [6.45, 7) is 6.93. The fourth-order valence-electron chi connectivity index (χ4n) is 2.28. The maximum atomic E-state index is 11.6. The first-order chi connectivity index (χ1) is 10.1. The average molecular weight is 295 g/mol. The van der Waals surface area contributed by atoms with Crippen LogP contribution in [0.1, 0.15) is 71.4 Å². The van der Waals surface area contributed by atoms with E-state index < -0.39 is 0 Å². The Labute approximate surface area is 127 Å². The number of carbonyl (C=O) groups is 1. The molecule has 0 spiro atoms. The molecule has 0 radical (unpaired) electrons. The Morgan fingerprint density at radius 2 is 1.86 bits per heavy atom. The highest BCUT2D eigenvalue weighted by atomic mass is 16.5. The number of unbranched alkanes of at least 4 members (excludes halogenated alkanes) is 4. The fourth-order valence-corrected chi connectivity index (χ4v) is 2.28. The smallest absolute Gasteiger partial charge is 0.251 e. The topological polar surface area (TPSA) is 58.4 Å². The molecule has 1 N–H and O–H groups in total. The molecule has 0 saturated carbocycles. The summed E-state index contributed by atoms with van der Waals surface area (Å²) >= 11 is 0. The highest BCUT2D eigenvalue weighted by molar-refractivity contribution is 5.89. The molecular formula is C16H29N3O2. The van der Waals surface area contributed by atoms with Crippen LogP contribution in [0.3, 0.4) is 0 Å². The predicted molar refractivity (Wildman–Crippen MR) is 84.5 cm³/mol. The van der Waals surface area contributed by atoms with E-state index in [1.807, 2.05) is 10.7 Å². The van der Waals surface area contributed by atoms with Crippen molar-refractivity contribution in [3.8, 4) is 0 Å². The van der Waals surface area contributed by atoms with Crippen LogP contribution in [0.2, 0.25) is 0 Å². The van der Waals surface area contributed by atoms with Crippen LogP contribution in [0.5, 0.6) is 0 Å². The van der Waals surface area contributed by atoms with Gasteiger partial charge in [-0.05, 0) is 19.3 Å². The summed E-state index contributed by atoms with van der Waals surface area (Å²) in [6.07, 6.45) is 8.10. The van der Waals surface area contributed by atoms with Gasteiger partial charge in [-0.15, -0.1) is 0 Å². The molecule has 1 amide bonds. The zero-order valence-electron chi connectivity index (χ0n) is 13.6. The molecule has 0 saturated heterocycles. The van der Waals surface area contributed by atoms with E-state index in [0.29, 0.717) is 10.9 Å². The Bertz CT molecular complexity index is 402. The number of anilines is 1. The molecule has 5 nitrogen and oxygen atoms in total. The third-order valence-corrected chi connectivity index (χ3v) is 3.62. The Hall–Kier alpha value is -1.36. The van der Waals surface area contributed by atoms with Crippen LogP contribution in [-0.2, 0) is 17.8 Å². The lowest BCUT2D eigenvalue weighted by atomic mass is 10.1. The minimum absolute atomic E-state index is 0.268. The van der Waals surface area contributed by atoms with E-state index in [-0.39, 0.29) is 12.3 Å². The number of carbonyl (C=O) groups excluding carboxylic acids is 1. The third-order valence-electron chi connectivity index (χ3n) is 3.62. The summed E-state index contributed by atoms with van der Waals surface area (Å²) in [5, 5.41) is 15.0. The van der Waals surface area contributed by atoms with Crippen molar-refractivity contribution in [2.45, 2.75) is 78.7 Å². The van der Waals surface area contributed by atoms with Gasteiger partial charge in [-0.2, -0.15) is 10.2 Å². The van der Waals surface area contributed by atoms with Crippen molar-refractivity contribution < 1.29 is 10.0 Å². The van der Waals surface area contributed by atoms with E-state index in [1.165, 1.54) is 25.7 Å². The molecule has 5 heteroatoms. The summed E-state index contributed by atoms with van der Waals surface area (Å²) in [7, 11) is 0. The molecule has 1 aromatic rings. The molecule has 0 unspecified atom stereocenters. The van der Waals surface area contributed by atoms with E-state index in [2.05, 4.69) is 18.9 Å². The molecule has 0 bridgehead atoms. The van der Waals surface area contributed by atoms with Crippen LogP contribution < -0.4 is 5.06 Å². The number of rotatable bonds is 10. The van der Waals surface area contributed by atoms with E-state index in [1.54, 1.807) is 6.92 Å². The molecule has 1 rings (SSSR count). The van der Waals surface area contributed by atoms with E-state index >= 15 is 0 Å². The zero-order valence-corrected chi connectivity index (χ0v) is 13.6. The molecule has 1 heterocycles. The van der Waals surface area contributed by atoms with Crippen molar-refractivity contribution in [2.75, 3.05) is 5.06 Å². The predicted octanol–water partition coefficient (Wildman–Crippen LogP) is 3.94. The maximum Gasteiger partial charge on any atom is 0.251 e. The maximum absolute atomic E-state index is 11.6. The van der Waals surface area contributed by atoms with Gasteiger partial charge in [0.05, 0.1) is 0 Å². The highest BCUT2D eigenvalue weighted by Crippen LogP contribution is 2.17. The van der Waals surface area contributed by atoms with Crippen LogP contribution in [-0.4, -0.2) is 20.9 Å². The molecule has 1 aromatic heterocycles. The SMILES string of the molecule is CCCCCc1cc(N(O)C(=O)CC)nn1CCCCC. The number of amides is 1. The summed E-state index contributed by atoms with van der Waals surface area (Å²) in [6, 6.07) is 1.84. The van der Waals surface area contributed by atoms with Crippen LogP contribution in [0.4, 0.5) is 5.82 Å². The Kier molecular flexibility index (Phi) is 8.05. The lowest BCUT2D eigenvalue weighted by molar-refractivity contribution is -0.123. The second kappa shape index (κ2) is 9.55. The van der Waals surface area contributed by atoms with Gasteiger partial charge in [0, 0.05) is 24.7 Å². The van der Waals surface area contributed by atoms with Gasteiger partial charge in [-0.3, -0.25) is 14.7 Å². The molecule has 0 atom stereocenters. The summed E-state index contributed by atoms with van der Waals surface area (Å²) < 4.78 is 1.95. The van der Waals surface area contributed by atoms with Gasteiger partial charge in [-0.1, -0.05) is 46.5 Å². The van der Waals surface area contributed by atoms with Crippen molar-refractivity contribution in [1.29, 1.82) is 0 Å². The summed E-state index contributed by atoms with van der Waals surface area (Å²) in [4.78, 5) is 11.6. The monoisotopic (exact) mass is 295 g/mol. The molecule has 0 aliphatic carbocycles. The summed E-state index contributed by atoms with van der Waals surface area (Å²) in [5.41, 5.74) is 1.11. The van der Waals surface area contributed by atoms with Crippen molar-refractivity contribution in [3.63, 3.8) is 0 Å². The standard InChI is InChI=1S/C16H29N3O2/c1-4-7-9-11-14-13-15(19(21)16(20)6-3)17-18(14)12-10-8-5-2/h13,21H,4-12H2,1-3H3. The van der Waals surface area contributed by atoms with Crippen molar-refractivity contribution in [3.05, 3.63) is 11.8 Å². The molecule has 0 fully saturated rings. The molecule has 21 heavy (non-hydrogen) atoms. The number of aryl methyl sites for hydroxylation is 2. The van der Waals surface area contributed by atoms with Gasteiger partial charge in [0.2, 0.25) is 0 Å². The quantitative estimate of drug-likeness (QED) is 0.404. The van der Waals surface area contributed by atoms with Gasteiger partial charge in [-0.25, -0.2) is 0 Å². The van der Waals surface area contributed by atoms with Crippen molar-refractivity contribution in [2.24, 2.45) is 0 Å². The van der Waals surface area contributed by atoms with E-state index in [0.717, 1.165) is 31.5 Å². The van der Waals surface area contributed by atoms with Crippen molar-refractivity contribution in [1.82, 2.24) is 9.78 Å². The van der Waals surface area contributed by atoms with Gasteiger partial charge in [0.25, 0.3) is 5.91 Å². The van der Waals surface area contributed by atoms with Crippen LogP contribution >= 0.6 is 0 Å².